The maximum Gasteiger partial charge on any atom is 0.416 e. The van der Waals surface area contributed by atoms with Crippen LogP contribution in [0.3, 0.4) is 0 Å². The Kier molecular flexibility index (Phi) is 5.28. The Morgan fingerprint density at radius 1 is 1.29 bits per heavy atom. The van der Waals surface area contributed by atoms with Gasteiger partial charge in [0.2, 0.25) is 0 Å². The number of benzene rings is 1. The van der Waals surface area contributed by atoms with Gasteiger partial charge in [-0.2, -0.15) is 18.3 Å². The van der Waals surface area contributed by atoms with E-state index < -0.39 is 17.7 Å². The average Bonchev–Trinajstić information content (AvgIpc) is 2.94. The van der Waals surface area contributed by atoms with Gasteiger partial charge in [-0.15, -0.1) is 0 Å². The van der Waals surface area contributed by atoms with Gasteiger partial charge in [0.1, 0.15) is 0 Å². The highest BCUT2D eigenvalue weighted by Crippen LogP contribution is 2.29. The molecule has 0 bridgehead atoms. The van der Waals surface area contributed by atoms with E-state index in [2.05, 4.69) is 5.10 Å². The first-order valence-electron chi connectivity index (χ1n) is 7.34. The van der Waals surface area contributed by atoms with Crippen LogP contribution in [0, 0.1) is 0 Å². The van der Waals surface area contributed by atoms with E-state index in [1.807, 2.05) is 13.8 Å². The average molecular weight is 341 g/mol. The lowest BCUT2D eigenvalue weighted by atomic mass is 10.2. The van der Waals surface area contributed by atoms with Gasteiger partial charge in [0.15, 0.2) is 0 Å². The van der Waals surface area contributed by atoms with Gasteiger partial charge in [-0.3, -0.25) is 9.69 Å². The number of carboxylic acid groups (broad SMARTS) is 1. The molecular formula is C16H18F3N3O2. The van der Waals surface area contributed by atoms with Gasteiger partial charge in [0.25, 0.3) is 0 Å². The number of carbonyl (C=O) groups is 1. The third-order valence-corrected chi connectivity index (χ3v) is 3.55. The molecular weight excluding hydrogens is 323 g/mol. The number of aromatic nitrogens is 2. The number of hydrogen-bond acceptors (Lipinski definition) is 3. The van der Waals surface area contributed by atoms with Crippen LogP contribution < -0.4 is 0 Å². The number of halogens is 3. The second-order valence-electron chi connectivity index (χ2n) is 5.73. The maximum atomic E-state index is 12.6. The van der Waals surface area contributed by atoms with Crippen LogP contribution in [0.25, 0.3) is 5.69 Å². The largest absolute Gasteiger partial charge is 0.480 e. The number of aliphatic carboxylic acids is 1. The highest BCUT2D eigenvalue weighted by atomic mass is 19.4. The Morgan fingerprint density at radius 3 is 2.42 bits per heavy atom. The minimum absolute atomic E-state index is 0.0375. The molecule has 2 rings (SSSR count). The van der Waals surface area contributed by atoms with E-state index in [0.717, 1.165) is 17.7 Å². The Labute approximate surface area is 137 Å². The van der Waals surface area contributed by atoms with Crippen molar-refractivity contribution >= 4 is 5.97 Å². The smallest absolute Gasteiger partial charge is 0.416 e. The first-order valence-corrected chi connectivity index (χ1v) is 7.34. The molecule has 130 valence electrons. The summed E-state index contributed by atoms with van der Waals surface area (Å²) in [6, 6.07) is 4.73. The molecule has 2 aromatic rings. The number of alkyl halides is 3. The predicted octanol–water partition coefficient (Wildman–Crippen LogP) is 3.19. The van der Waals surface area contributed by atoms with Crippen molar-refractivity contribution in [2.45, 2.75) is 32.6 Å². The summed E-state index contributed by atoms with van der Waals surface area (Å²) in [5.74, 6) is -0.918. The molecule has 0 radical (unpaired) electrons. The molecule has 5 nitrogen and oxygen atoms in total. The number of nitrogens with zero attached hydrogens (tertiary/aromatic N) is 3. The van der Waals surface area contributed by atoms with E-state index in [9.17, 15) is 18.0 Å². The first-order chi connectivity index (χ1) is 11.2. The molecule has 0 amide bonds. The van der Waals surface area contributed by atoms with Gasteiger partial charge < -0.3 is 5.11 Å². The summed E-state index contributed by atoms with van der Waals surface area (Å²) in [6.45, 7) is 4.08. The van der Waals surface area contributed by atoms with Gasteiger partial charge in [-0.25, -0.2) is 4.68 Å². The molecule has 0 fully saturated rings. The molecule has 8 heteroatoms. The Bertz CT molecular complexity index is 693. The van der Waals surface area contributed by atoms with E-state index in [1.165, 1.54) is 16.8 Å². The van der Waals surface area contributed by atoms with E-state index in [1.54, 1.807) is 17.3 Å². The van der Waals surface area contributed by atoms with E-state index in [4.69, 9.17) is 5.11 Å². The lowest BCUT2D eigenvalue weighted by Gasteiger charge is -2.23. The summed E-state index contributed by atoms with van der Waals surface area (Å²) in [6.07, 6.45) is -1.11. The molecule has 24 heavy (non-hydrogen) atoms. The number of rotatable bonds is 6. The van der Waals surface area contributed by atoms with Crippen molar-refractivity contribution in [3.63, 3.8) is 0 Å². The summed E-state index contributed by atoms with van der Waals surface area (Å²) in [5.41, 5.74) is 0.569. The van der Waals surface area contributed by atoms with Crippen LogP contribution in [0.1, 0.15) is 25.0 Å². The number of carboxylic acids is 1. The quantitative estimate of drug-likeness (QED) is 0.877. The Balaban J connectivity index is 2.13. The SMILES string of the molecule is CC(C)N(CC(=O)O)Cc1cnn(-c2ccc(C(F)(F)F)cc2)c1. The molecule has 1 N–H and O–H groups in total. The van der Waals surface area contributed by atoms with Crippen molar-refractivity contribution in [2.75, 3.05) is 6.54 Å². The lowest BCUT2D eigenvalue weighted by Crippen LogP contribution is -2.34. The third kappa shape index (κ3) is 4.58. The topological polar surface area (TPSA) is 58.4 Å². The molecule has 0 saturated heterocycles. The summed E-state index contributed by atoms with van der Waals surface area (Å²) >= 11 is 0. The van der Waals surface area contributed by atoms with Crippen molar-refractivity contribution < 1.29 is 23.1 Å². The molecule has 0 unspecified atom stereocenters. The summed E-state index contributed by atoms with van der Waals surface area (Å²) < 4.78 is 39.2. The van der Waals surface area contributed by atoms with Crippen LogP contribution in [0.15, 0.2) is 36.7 Å². The Morgan fingerprint density at radius 2 is 1.92 bits per heavy atom. The zero-order chi connectivity index (χ0) is 17.9. The zero-order valence-electron chi connectivity index (χ0n) is 13.3. The second kappa shape index (κ2) is 7.04. The van der Waals surface area contributed by atoms with Gasteiger partial charge in [-0.05, 0) is 38.1 Å². The molecule has 0 spiro atoms. The summed E-state index contributed by atoms with van der Waals surface area (Å²) in [4.78, 5) is 12.6. The van der Waals surface area contributed by atoms with Crippen molar-refractivity contribution in [3.8, 4) is 5.69 Å². The molecule has 1 aromatic heterocycles. The van der Waals surface area contributed by atoms with Crippen LogP contribution in [0.4, 0.5) is 13.2 Å². The first kappa shape index (κ1) is 18.0. The van der Waals surface area contributed by atoms with Gasteiger partial charge in [0.05, 0.1) is 24.0 Å². The molecule has 0 atom stereocenters. The third-order valence-electron chi connectivity index (χ3n) is 3.55. The fourth-order valence-corrected chi connectivity index (χ4v) is 2.22. The maximum absolute atomic E-state index is 12.6. The fourth-order valence-electron chi connectivity index (χ4n) is 2.22. The van der Waals surface area contributed by atoms with Gasteiger partial charge in [0, 0.05) is 24.3 Å². The molecule has 0 aliphatic heterocycles. The number of hydrogen-bond donors (Lipinski definition) is 1. The van der Waals surface area contributed by atoms with E-state index >= 15 is 0 Å². The second-order valence-corrected chi connectivity index (χ2v) is 5.73. The highest BCUT2D eigenvalue weighted by Gasteiger charge is 2.30. The van der Waals surface area contributed by atoms with Crippen LogP contribution in [0.5, 0.6) is 0 Å². The molecule has 0 aliphatic rings. The molecule has 1 aromatic carbocycles. The van der Waals surface area contributed by atoms with Crippen LogP contribution in [-0.2, 0) is 17.5 Å². The minimum Gasteiger partial charge on any atom is -0.480 e. The summed E-state index contributed by atoms with van der Waals surface area (Å²) in [7, 11) is 0. The summed E-state index contributed by atoms with van der Waals surface area (Å²) in [5, 5.41) is 13.1. The fraction of sp³-hybridized carbons (Fsp3) is 0.375. The molecule has 0 aliphatic carbocycles. The lowest BCUT2D eigenvalue weighted by molar-refractivity contribution is -0.139. The van der Waals surface area contributed by atoms with Crippen molar-refractivity contribution in [1.82, 2.24) is 14.7 Å². The standard InChI is InChI=1S/C16H18F3N3O2/c1-11(2)21(10-15(23)24)8-12-7-20-22(9-12)14-5-3-13(4-6-14)16(17,18)19/h3-7,9,11H,8,10H2,1-2H3,(H,23,24). The van der Waals surface area contributed by atoms with Gasteiger partial charge >= 0.3 is 12.1 Å². The molecule has 0 saturated carbocycles. The van der Waals surface area contributed by atoms with Gasteiger partial charge in [-0.1, -0.05) is 0 Å². The van der Waals surface area contributed by atoms with E-state index in [-0.39, 0.29) is 12.6 Å². The van der Waals surface area contributed by atoms with Crippen molar-refractivity contribution in [3.05, 3.63) is 47.8 Å². The van der Waals surface area contributed by atoms with Crippen molar-refractivity contribution in [1.29, 1.82) is 0 Å². The normalized spacial score (nSPS) is 12.1. The van der Waals surface area contributed by atoms with Crippen molar-refractivity contribution in [2.24, 2.45) is 0 Å². The van der Waals surface area contributed by atoms with E-state index in [0.29, 0.717) is 12.2 Å². The van der Waals surface area contributed by atoms with Crippen LogP contribution >= 0.6 is 0 Å². The minimum atomic E-state index is -4.37. The predicted molar refractivity (Wildman–Crippen MR) is 81.7 cm³/mol. The monoisotopic (exact) mass is 341 g/mol. The highest BCUT2D eigenvalue weighted by molar-refractivity contribution is 5.69. The molecule has 1 heterocycles. The zero-order valence-corrected chi connectivity index (χ0v) is 13.3. The van der Waals surface area contributed by atoms with Crippen LogP contribution in [0.2, 0.25) is 0 Å². The Hall–Kier alpha value is -2.35. The van der Waals surface area contributed by atoms with Crippen LogP contribution in [-0.4, -0.2) is 38.3 Å².